The molecule has 0 spiro atoms. The van der Waals surface area contributed by atoms with Crippen molar-refractivity contribution in [1.82, 2.24) is 5.32 Å². The molecule has 1 fully saturated rings. The fraction of sp³-hybridized carbons (Fsp3) is 0.462. The summed E-state index contributed by atoms with van der Waals surface area (Å²) in [4.78, 5) is 12.1. The summed E-state index contributed by atoms with van der Waals surface area (Å²) in [5.74, 6) is -0.0618. The van der Waals surface area contributed by atoms with E-state index in [2.05, 4.69) is 5.32 Å². The molecule has 4 nitrogen and oxygen atoms in total. The van der Waals surface area contributed by atoms with Crippen molar-refractivity contribution in [2.45, 2.75) is 25.4 Å². The van der Waals surface area contributed by atoms with E-state index in [4.69, 9.17) is 10.5 Å². The number of nitrogens with one attached hydrogen (secondary N) is 1. The van der Waals surface area contributed by atoms with Gasteiger partial charge in [-0.2, -0.15) is 0 Å². The molecule has 3 N–H and O–H groups in total. The fourth-order valence-electron chi connectivity index (χ4n) is 1.95. The number of hydrogen-bond acceptors (Lipinski definition) is 3. The lowest BCUT2D eigenvalue weighted by Crippen LogP contribution is -2.46. The van der Waals surface area contributed by atoms with Crippen molar-refractivity contribution in [3.8, 4) is 0 Å². The van der Waals surface area contributed by atoms with Gasteiger partial charge in [-0.15, -0.1) is 0 Å². The number of hydrogen-bond donors (Lipinski definition) is 2. The Morgan fingerprint density at radius 2 is 2.41 bits per heavy atom. The molecule has 1 aromatic carbocycles. The van der Waals surface area contributed by atoms with Gasteiger partial charge < -0.3 is 15.8 Å². The van der Waals surface area contributed by atoms with Crippen LogP contribution >= 0.6 is 0 Å². The second-order valence-electron chi connectivity index (χ2n) is 4.72. The molecule has 4 heteroatoms. The Balaban J connectivity index is 2.08. The largest absolute Gasteiger partial charge is 0.379 e. The third-order valence-corrected chi connectivity index (χ3v) is 3.06. The lowest BCUT2D eigenvalue weighted by molar-refractivity contribution is 0.0890. The Hall–Kier alpha value is -1.39. The van der Waals surface area contributed by atoms with E-state index in [1.807, 2.05) is 25.1 Å². The molecule has 17 heavy (non-hydrogen) atoms. The average molecular weight is 234 g/mol. The van der Waals surface area contributed by atoms with Gasteiger partial charge in [-0.05, 0) is 31.0 Å². The highest BCUT2D eigenvalue weighted by molar-refractivity contribution is 5.94. The van der Waals surface area contributed by atoms with Crippen LogP contribution in [0.2, 0.25) is 0 Å². The lowest BCUT2D eigenvalue weighted by atomic mass is 10.0. The van der Waals surface area contributed by atoms with Crippen LogP contribution in [0.1, 0.15) is 29.3 Å². The number of nitrogens with two attached hydrogens (primary N) is 1. The van der Waals surface area contributed by atoms with E-state index >= 15 is 0 Å². The van der Waals surface area contributed by atoms with E-state index in [0.717, 1.165) is 12.0 Å². The number of amides is 1. The Morgan fingerprint density at radius 3 is 3.06 bits per heavy atom. The first-order valence-corrected chi connectivity index (χ1v) is 5.82. The number of rotatable bonds is 3. The molecule has 0 aromatic heterocycles. The van der Waals surface area contributed by atoms with Gasteiger partial charge in [-0.25, -0.2) is 0 Å². The Labute approximate surface area is 101 Å². The van der Waals surface area contributed by atoms with Crippen molar-refractivity contribution >= 4 is 5.91 Å². The summed E-state index contributed by atoms with van der Waals surface area (Å²) < 4.78 is 5.31. The third kappa shape index (κ3) is 2.84. The molecule has 1 heterocycles. The van der Waals surface area contributed by atoms with E-state index in [9.17, 15) is 4.79 Å². The summed E-state index contributed by atoms with van der Waals surface area (Å²) in [6.07, 6.45) is 0.856. The van der Waals surface area contributed by atoms with Gasteiger partial charge in [0.25, 0.3) is 5.91 Å². The minimum atomic E-state index is -0.240. The average Bonchev–Trinajstić information content (AvgIpc) is 2.76. The van der Waals surface area contributed by atoms with E-state index in [-0.39, 0.29) is 11.4 Å². The van der Waals surface area contributed by atoms with E-state index in [1.165, 1.54) is 0 Å². The molecule has 1 unspecified atom stereocenters. The van der Waals surface area contributed by atoms with E-state index in [0.29, 0.717) is 25.3 Å². The van der Waals surface area contributed by atoms with Crippen LogP contribution < -0.4 is 11.1 Å². The molecule has 1 aliphatic heterocycles. The zero-order valence-corrected chi connectivity index (χ0v) is 10.0. The molecule has 0 aliphatic carbocycles. The molecule has 92 valence electrons. The highest BCUT2D eigenvalue weighted by atomic mass is 16.5. The molecular weight excluding hydrogens is 216 g/mol. The summed E-state index contributed by atoms with van der Waals surface area (Å²) >= 11 is 0. The Kier molecular flexibility index (Phi) is 3.45. The molecule has 1 aromatic rings. The minimum absolute atomic E-state index is 0.0618. The maximum atomic E-state index is 12.1. The van der Waals surface area contributed by atoms with Gasteiger partial charge in [-0.1, -0.05) is 12.1 Å². The maximum absolute atomic E-state index is 12.1. The molecule has 2 rings (SSSR count). The molecule has 1 amide bonds. The predicted octanol–water partition coefficient (Wildman–Crippen LogP) is 1.05. The van der Waals surface area contributed by atoms with Gasteiger partial charge >= 0.3 is 0 Å². The molecular formula is C13H18N2O2. The van der Waals surface area contributed by atoms with Crippen molar-refractivity contribution in [2.24, 2.45) is 5.73 Å². The highest BCUT2D eigenvalue weighted by Gasteiger charge is 2.31. The van der Waals surface area contributed by atoms with Crippen LogP contribution in [0.5, 0.6) is 0 Å². The normalized spacial score (nSPS) is 23.6. The smallest absolute Gasteiger partial charge is 0.251 e. The topological polar surface area (TPSA) is 64.4 Å². The second-order valence-corrected chi connectivity index (χ2v) is 4.72. The summed E-state index contributed by atoms with van der Waals surface area (Å²) in [5.41, 5.74) is 6.93. The highest BCUT2D eigenvalue weighted by Crippen LogP contribution is 2.18. The van der Waals surface area contributed by atoms with Crippen molar-refractivity contribution < 1.29 is 9.53 Å². The molecule has 0 bridgehead atoms. The van der Waals surface area contributed by atoms with Gasteiger partial charge in [0, 0.05) is 18.7 Å². The maximum Gasteiger partial charge on any atom is 0.251 e. The van der Waals surface area contributed by atoms with Gasteiger partial charge in [0.2, 0.25) is 0 Å². The van der Waals surface area contributed by atoms with Crippen LogP contribution in [0, 0.1) is 0 Å². The first kappa shape index (κ1) is 12.1. The first-order valence-electron chi connectivity index (χ1n) is 5.82. The zero-order chi connectivity index (χ0) is 12.3. The van der Waals surface area contributed by atoms with Gasteiger partial charge in [0.05, 0.1) is 12.1 Å². The van der Waals surface area contributed by atoms with Crippen molar-refractivity contribution in [1.29, 1.82) is 0 Å². The van der Waals surface area contributed by atoms with Gasteiger partial charge in [-0.3, -0.25) is 4.79 Å². The summed E-state index contributed by atoms with van der Waals surface area (Å²) in [5, 5.41) is 3.02. The lowest BCUT2D eigenvalue weighted by Gasteiger charge is -2.23. The molecule has 0 radical (unpaired) electrons. The summed E-state index contributed by atoms with van der Waals surface area (Å²) in [7, 11) is 0. The number of carbonyl (C=O) groups excluding carboxylic acids is 1. The molecule has 1 aliphatic rings. The number of ether oxygens (including phenoxy) is 1. The quantitative estimate of drug-likeness (QED) is 0.821. The van der Waals surface area contributed by atoms with E-state index < -0.39 is 0 Å². The third-order valence-electron chi connectivity index (χ3n) is 3.06. The van der Waals surface area contributed by atoms with Gasteiger partial charge in [0.1, 0.15) is 0 Å². The Bertz CT molecular complexity index is 412. The van der Waals surface area contributed by atoms with Crippen LogP contribution in [-0.2, 0) is 11.3 Å². The predicted molar refractivity (Wildman–Crippen MR) is 65.6 cm³/mol. The minimum Gasteiger partial charge on any atom is -0.379 e. The van der Waals surface area contributed by atoms with Gasteiger partial charge in [0.15, 0.2) is 0 Å². The number of carbonyl (C=O) groups is 1. The molecule has 0 saturated carbocycles. The Morgan fingerprint density at radius 1 is 1.59 bits per heavy atom. The second kappa shape index (κ2) is 4.85. The monoisotopic (exact) mass is 234 g/mol. The fourth-order valence-corrected chi connectivity index (χ4v) is 1.95. The van der Waals surface area contributed by atoms with E-state index in [1.54, 1.807) is 6.07 Å². The van der Waals surface area contributed by atoms with Crippen LogP contribution in [0.4, 0.5) is 0 Å². The van der Waals surface area contributed by atoms with Crippen LogP contribution in [0.3, 0.4) is 0 Å². The standard InChI is InChI=1S/C13H18N2O2/c1-13(5-6-17-9-13)15-12(16)11-4-2-3-10(7-11)8-14/h2-4,7H,5-6,8-9,14H2,1H3,(H,15,16). The summed E-state index contributed by atoms with van der Waals surface area (Å²) in [6.45, 7) is 3.74. The van der Waals surface area contributed by atoms with Crippen LogP contribution in [0.15, 0.2) is 24.3 Å². The molecule has 1 saturated heterocycles. The molecule has 1 atom stereocenters. The summed E-state index contributed by atoms with van der Waals surface area (Å²) in [6, 6.07) is 7.39. The first-order chi connectivity index (χ1) is 8.13. The van der Waals surface area contributed by atoms with Crippen molar-refractivity contribution in [3.05, 3.63) is 35.4 Å². The van der Waals surface area contributed by atoms with Crippen LogP contribution in [0.25, 0.3) is 0 Å². The number of benzene rings is 1. The van der Waals surface area contributed by atoms with Crippen molar-refractivity contribution in [3.63, 3.8) is 0 Å². The zero-order valence-electron chi connectivity index (χ0n) is 10.0. The van der Waals surface area contributed by atoms with Crippen molar-refractivity contribution in [2.75, 3.05) is 13.2 Å². The SMILES string of the molecule is CC1(NC(=O)c2cccc(CN)c2)CCOC1. The van der Waals surface area contributed by atoms with Crippen LogP contribution in [-0.4, -0.2) is 24.7 Å².